The highest BCUT2D eigenvalue weighted by molar-refractivity contribution is 9.09. The van der Waals surface area contributed by atoms with E-state index in [0.29, 0.717) is 24.8 Å². The largest absolute Gasteiger partial charge is 0.214 e. The van der Waals surface area contributed by atoms with Crippen molar-refractivity contribution in [3.63, 3.8) is 0 Å². The third-order valence-electron chi connectivity index (χ3n) is 1.95. The zero-order valence-electron chi connectivity index (χ0n) is 9.00. The van der Waals surface area contributed by atoms with Gasteiger partial charge in [0.2, 0.25) is 10.0 Å². The van der Waals surface area contributed by atoms with Crippen molar-refractivity contribution in [1.29, 1.82) is 0 Å². The first-order valence-electron chi connectivity index (χ1n) is 5.12. The molecule has 0 aliphatic carbocycles. The van der Waals surface area contributed by atoms with Gasteiger partial charge in [0.1, 0.15) is 0 Å². The van der Waals surface area contributed by atoms with E-state index in [2.05, 4.69) is 22.9 Å². The number of sulfonamides is 1. The Morgan fingerprint density at radius 2 is 1.79 bits per heavy atom. The van der Waals surface area contributed by atoms with Crippen LogP contribution in [0.2, 0.25) is 0 Å². The van der Waals surface area contributed by atoms with Crippen molar-refractivity contribution in [2.24, 2.45) is 0 Å². The third kappa shape index (κ3) is 5.32. The standard InChI is InChI=1S/C9H20BrNO2S/c1-3-5-7-11(8-6-10)14(12,13)9-4-2/h3-9H2,1-2H3. The van der Waals surface area contributed by atoms with Crippen LogP contribution in [0.3, 0.4) is 0 Å². The molecule has 0 aromatic carbocycles. The second kappa shape index (κ2) is 7.65. The van der Waals surface area contributed by atoms with Crippen molar-refractivity contribution < 1.29 is 8.42 Å². The lowest BCUT2D eigenvalue weighted by molar-refractivity contribution is 0.421. The zero-order chi connectivity index (χ0) is 11.0. The highest BCUT2D eigenvalue weighted by Gasteiger charge is 2.19. The second-order valence-electron chi connectivity index (χ2n) is 3.26. The molecule has 0 rings (SSSR count). The summed E-state index contributed by atoms with van der Waals surface area (Å²) in [6.07, 6.45) is 2.66. The molecular formula is C9H20BrNO2S. The molecule has 0 N–H and O–H groups in total. The van der Waals surface area contributed by atoms with Crippen molar-refractivity contribution in [1.82, 2.24) is 4.31 Å². The fourth-order valence-corrected chi connectivity index (χ4v) is 3.42. The van der Waals surface area contributed by atoms with Crippen molar-refractivity contribution in [2.75, 3.05) is 24.2 Å². The normalized spacial score (nSPS) is 12.3. The first kappa shape index (κ1) is 14.4. The van der Waals surface area contributed by atoms with E-state index in [-0.39, 0.29) is 5.75 Å². The molecule has 0 radical (unpaired) electrons. The van der Waals surface area contributed by atoms with Gasteiger partial charge in [-0.25, -0.2) is 12.7 Å². The molecule has 0 aromatic heterocycles. The summed E-state index contributed by atoms with van der Waals surface area (Å²) in [6.45, 7) is 5.20. The summed E-state index contributed by atoms with van der Waals surface area (Å²) < 4.78 is 25.1. The Balaban J connectivity index is 4.30. The predicted molar refractivity (Wildman–Crippen MR) is 64.4 cm³/mol. The Kier molecular flexibility index (Phi) is 7.86. The molecule has 0 bridgehead atoms. The molecule has 14 heavy (non-hydrogen) atoms. The van der Waals surface area contributed by atoms with Crippen LogP contribution < -0.4 is 0 Å². The minimum atomic E-state index is -3.00. The summed E-state index contributed by atoms with van der Waals surface area (Å²) in [6, 6.07) is 0. The highest BCUT2D eigenvalue weighted by atomic mass is 79.9. The Morgan fingerprint density at radius 3 is 2.21 bits per heavy atom. The van der Waals surface area contributed by atoms with Gasteiger partial charge >= 0.3 is 0 Å². The van der Waals surface area contributed by atoms with Crippen LogP contribution in [0.15, 0.2) is 0 Å². The predicted octanol–water partition coefficient (Wildman–Crippen LogP) is 2.22. The first-order chi connectivity index (χ1) is 6.58. The topological polar surface area (TPSA) is 37.4 Å². The summed E-state index contributed by atoms with van der Waals surface area (Å²) in [5.41, 5.74) is 0. The van der Waals surface area contributed by atoms with Gasteiger partial charge in [-0.3, -0.25) is 0 Å². The van der Waals surface area contributed by atoms with E-state index in [9.17, 15) is 8.42 Å². The number of nitrogens with zero attached hydrogens (tertiary/aromatic N) is 1. The monoisotopic (exact) mass is 285 g/mol. The Hall–Kier alpha value is 0.390. The molecule has 0 spiro atoms. The average Bonchev–Trinajstić information content (AvgIpc) is 2.11. The van der Waals surface area contributed by atoms with Crippen molar-refractivity contribution in [2.45, 2.75) is 33.1 Å². The van der Waals surface area contributed by atoms with Crippen LogP contribution in [0.25, 0.3) is 0 Å². The average molecular weight is 286 g/mol. The minimum Gasteiger partial charge on any atom is -0.212 e. The quantitative estimate of drug-likeness (QED) is 0.642. The van der Waals surface area contributed by atoms with Gasteiger partial charge in [0.25, 0.3) is 0 Å². The lowest BCUT2D eigenvalue weighted by Gasteiger charge is -2.20. The van der Waals surface area contributed by atoms with Crippen LogP contribution in [-0.4, -0.2) is 36.9 Å². The molecule has 0 saturated heterocycles. The molecular weight excluding hydrogens is 266 g/mol. The second-order valence-corrected chi connectivity index (χ2v) is 6.14. The van der Waals surface area contributed by atoms with Crippen LogP contribution in [0.5, 0.6) is 0 Å². The minimum absolute atomic E-state index is 0.268. The zero-order valence-corrected chi connectivity index (χ0v) is 11.4. The Labute approximate surface area is 96.0 Å². The highest BCUT2D eigenvalue weighted by Crippen LogP contribution is 2.06. The summed E-state index contributed by atoms with van der Waals surface area (Å²) in [5, 5.41) is 0.708. The molecule has 5 heteroatoms. The molecule has 86 valence electrons. The van der Waals surface area contributed by atoms with E-state index >= 15 is 0 Å². The van der Waals surface area contributed by atoms with E-state index in [1.54, 1.807) is 4.31 Å². The van der Waals surface area contributed by atoms with E-state index in [0.717, 1.165) is 12.8 Å². The molecule has 0 aliphatic rings. The number of halogens is 1. The molecule has 0 saturated carbocycles. The number of rotatable bonds is 8. The first-order valence-corrected chi connectivity index (χ1v) is 7.85. The van der Waals surface area contributed by atoms with Gasteiger partial charge in [-0.1, -0.05) is 36.2 Å². The maximum absolute atomic E-state index is 11.7. The smallest absolute Gasteiger partial charge is 0.212 e. The maximum Gasteiger partial charge on any atom is 0.214 e. The van der Waals surface area contributed by atoms with E-state index in [4.69, 9.17) is 0 Å². The molecule has 3 nitrogen and oxygen atoms in total. The third-order valence-corrected chi connectivity index (χ3v) is 4.38. The van der Waals surface area contributed by atoms with E-state index in [1.165, 1.54) is 0 Å². The van der Waals surface area contributed by atoms with Crippen LogP contribution in [-0.2, 0) is 10.0 Å². The summed E-state index contributed by atoms with van der Waals surface area (Å²) >= 11 is 3.28. The molecule has 0 unspecified atom stereocenters. The molecule has 0 atom stereocenters. The molecule has 0 heterocycles. The van der Waals surface area contributed by atoms with Crippen molar-refractivity contribution in [3.8, 4) is 0 Å². The number of hydrogen-bond donors (Lipinski definition) is 0. The lowest BCUT2D eigenvalue weighted by Crippen LogP contribution is -2.35. The van der Waals surface area contributed by atoms with E-state index < -0.39 is 10.0 Å². The fourth-order valence-electron chi connectivity index (χ4n) is 1.21. The fraction of sp³-hybridized carbons (Fsp3) is 1.00. The van der Waals surface area contributed by atoms with Crippen LogP contribution in [0.1, 0.15) is 33.1 Å². The van der Waals surface area contributed by atoms with Crippen LogP contribution in [0, 0.1) is 0 Å². The number of alkyl halides is 1. The van der Waals surface area contributed by atoms with Gasteiger partial charge in [0.05, 0.1) is 5.75 Å². The molecule has 0 fully saturated rings. The van der Waals surface area contributed by atoms with Crippen LogP contribution in [0.4, 0.5) is 0 Å². The van der Waals surface area contributed by atoms with Gasteiger partial charge < -0.3 is 0 Å². The van der Waals surface area contributed by atoms with Crippen LogP contribution >= 0.6 is 15.9 Å². The van der Waals surface area contributed by atoms with Gasteiger partial charge in [-0.05, 0) is 12.8 Å². The molecule has 0 amide bonds. The summed E-state index contributed by atoms with van der Waals surface area (Å²) in [5.74, 6) is 0.268. The van der Waals surface area contributed by atoms with Crippen molar-refractivity contribution >= 4 is 26.0 Å². The van der Waals surface area contributed by atoms with Crippen molar-refractivity contribution in [3.05, 3.63) is 0 Å². The number of hydrogen-bond acceptors (Lipinski definition) is 2. The lowest BCUT2D eigenvalue weighted by atomic mass is 10.3. The summed E-state index contributed by atoms with van der Waals surface area (Å²) in [4.78, 5) is 0. The maximum atomic E-state index is 11.7. The SMILES string of the molecule is CCCCN(CCBr)S(=O)(=O)CCC. The Bertz CT molecular complexity index is 229. The van der Waals surface area contributed by atoms with Gasteiger partial charge in [0, 0.05) is 18.4 Å². The van der Waals surface area contributed by atoms with E-state index in [1.807, 2.05) is 6.92 Å². The number of unbranched alkanes of at least 4 members (excludes halogenated alkanes) is 1. The van der Waals surface area contributed by atoms with Gasteiger partial charge in [-0.2, -0.15) is 0 Å². The molecule has 0 aliphatic heterocycles. The molecule has 0 aromatic rings. The van der Waals surface area contributed by atoms with Gasteiger partial charge in [-0.15, -0.1) is 0 Å². The van der Waals surface area contributed by atoms with Gasteiger partial charge in [0.15, 0.2) is 0 Å². The summed E-state index contributed by atoms with van der Waals surface area (Å²) in [7, 11) is -3.00. The Morgan fingerprint density at radius 1 is 1.14 bits per heavy atom.